The quantitative estimate of drug-likeness (QED) is 0.821. The van der Waals surface area contributed by atoms with Gasteiger partial charge in [-0.25, -0.2) is 4.98 Å². The zero-order chi connectivity index (χ0) is 14.4. The molecule has 1 heterocycles. The predicted octanol–water partition coefficient (Wildman–Crippen LogP) is 3.97. The van der Waals surface area contributed by atoms with Crippen molar-refractivity contribution in [3.63, 3.8) is 0 Å². The second-order valence-electron chi connectivity index (χ2n) is 5.25. The fourth-order valence-electron chi connectivity index (χ4n) is 2.25. The van der Waals surface area contributed by atoms with Crippen LogP contribution in [0.25, 0.3) is 0 Å². The molecule has 1 N–H and O–H groups in total. The predicted molar refractivity (Wildman–Crippen MR) is 86.7 cm³/mol. The van der Waals surface area contributed by atoms with Crippen molar-refractivity contribution < 1.29 is 0 Å². The van der Waals surface area contributed by atoms with Gasteiger partial charge in [0.15, 0.2) is 0 Å². The molecular formula is C15H26BrN3. The summed E-state index contributed by atoms with van der Waals surface area (Å²) in [6.07, 6.45) is 4.16. The third kappa shape index (κ3) is 4.77. The average Bonchev–Trinajstić information content (AvgIpc) is 2.37. The van der Waals surface area contributed by atoms with Crippen LogP contribution in [0.1, 0.15) is 46.1 Å². The minimum absolute atomic E-state index is 0.477. The number of rotatable bonds is 7. The van der Waals surface area contributed by atoms with Crippen molar-refractivity contribution in [1.82, 2.24) is 10.3 Å². The summed E-state index contributed by atoms with van der Waals surface area (Å²) in [6.45, 7) is 9.64. The number of hydrogen-bond donors (Lipinski definition) is 1. The lowest BCUT2D eigenvalue weighted by molar-refractivity contribution is 0.569. The van der Waals surface area contributed by atoms with E-state index in [0.29, 0.717) is 12.1 Å². The van der Waals surface area contributed by atoms with Crippen molar-refractivity contribution in [3.05, 3.63) is 22.3 Å². The van der Waals surface area contributed by atoms with E-state index in [1.54, 1.807) is 0 Å². The second kappa shape index (κ2) is 7.85. The Kier molecular flexibility index (Phi) is 6.80. The summed E-state index contributed by atoms with van der Waals surface area (Å²) >= 11 is 3.51. The van der Waals surface area contributed by atoms with E-state index < -0.39 is 0 Å². The topological polar surface area (TPSA) is 28.2 Å². The van der Waals surface area contributed by atoms with E-state index in [1.165, 1.54) is 5.56 Å². The van der Waals surface area contributed by atoms with Crippen LogP contribution < -0.4 is 10.2 Å². The van der Waals surface area contributed by atoms with E-state index in [1.807, 2.05) is 6.20 Å². The highest BCUT2D eigenvalue weighted by molar-refractivity contribution is 9.10. The molecule has 3 nitrogen and oxygen atoms in total. The molecule has 0 fully saturated rings. The number of halogens is 1. The van der Waals surface area contributed by atoms with Gasteiger partial charge >= 0.3 is 0 Å². The molecule has 0 bridgehead atoms. The largest absolute Gasteiger partial charge is 0.356 e. The second-order valence-corrected chi connectivity index (χ2v) is 6.17. The SMILES string of the molecule is CCC(CC)N(C)c1ncc(Br)cc1CNC(C)C. The van der Waals surface area contributed by atoms with E-state index in [4.69, 9.17) is 0 Å². The van der Waals surface area contributed by atoms with Gasteiger partial charge in [0.2, 0.25) is 0 Å². The standard InChI is InChI=1S/C15H26BrN3/c1-6-14(7-2)19(5)15-12(9-17-11(3)4)8-13(16)10-18-15/h8,10-11,14,17H,6-7,9H2,1-5H3. The zero-order valence-corrected chi connectivity index (χ0v) is 14.3. The van der Waals surface area contributed by atoms with E-state index in [-0.39, 0.29) is 0 Å². The molecule has 0 aliphatic carbocycles. The first-order valence-corrected chi connectivity index (χ1v) is 7.89. The van der Waals surface area contributed by atoms with Gasteiger partial charge in [-0.15, -0.1) is 0 Å². The summed E-state index contributed by atoms with van der Waals surface area (Å²) in [7, 11) is 2.15. The van der Waals surface area contributed by atoms with Crippen LogP contribution in [0, 0.1) is 0 Å². The number of anilines is 1. The lowest BCUT2D eigenvalue weighted by Gasteiger charge is -2.29. The van der Waals surface area contributed by atoms with Crippen molar-refractivity contribution in [3.8, 4) is 0 Å². The Morgan fingerprint density at radius 1 is 1.32 bits per heavy atom. The van der Waals surface area contributed by atoms with Crippen LogP contribution in [-0.2, 0) is 6.54 Å². The van der Waals surface area contributed by atoms with Crippen LogP contribution in [0.15, 0.2) is 16.7 Å². The van der Waals surface area contributed by atoms with E-state index in [0.717, 1.165) is 29.7 Å². The van der Waals surface area contributed by atoms with Gasteiger partial charge in [-0.05, 0) is 34.8 Å². The van der Waals surface area contributed by atoms with Gasteiger partial charge in [0.05, 0.1) is 0 Å². The third-order valence-corrected chi connectivity index (χ3v) is 3.87. The number of nitrogens with zero attached hydrogens (tertiary/aromatic N) is 2. The van der Waals surface area contributed by atoms with Gasteiger partial charge in [0.1, 0.15) is 5.82 Å². The molecule has 0 saturated heterocycles. The molecule has 0 spiro atoms. The van der Waals surface area contributed by atoms with Crippen LogP contribution in [0.5, 0.6) is 0 Å². The Hall–Kier alpha value is -0.610. The minimum atomic E-state index is 0.477. The molecule has 4 heteroatoms. The maximum atomic E-state index is 4.61. The van der Waals surface area contributed by atoms with Gasteiger partial charge in [-0.1, -0.05) is 27.7 Å². The van der Waals surface area contributed by atoms with Crippen molar-refractivity contribution in [2.75, 3.05) is 11.9 Å². The molecule has 0 amide bonds. The molecule has 1 aromatic heterocycles. The van der Waals surface area contributed by atoms with E-state index in [2.05, 4.69) is 71.9 Å². The maximum Gasteiger partial charge on any atom is 0.133 e. The highest BCUT2D eigenvalue weighted by Gasteiger charge is 2.16. The first-order chi connectivity index (χ1) is 8.99. The summed E-state index contributed by atoms with van der Waals surface area (Å²) in [4.78, 5) is 6.92. The van der Waals surface area contributed by atoms with Crippen LogP contribution in [0.2, 0.25) is 0 Å². The minimum Gasteiger partial charge on any atom is -0.356 e. The number of nitrogens with one attached hydrogen (secondary N) is 1. The molecule has 1 aromatic rings. The fraction of sp³-hybridized carbons (Fsp3) is 0.667. The smallest absolute Gasteiger partial charge is 0.133 e. The molecule has 1 rings (SSSR count). The van der Waals surface area contributed by atoms with Gasteiger partial charge < -0.3 is 10.2 Å². The van der Waals surface area contributed by atoms with Gasteiger partial charge in [-0.2, -0.15) is 0 Å². The normalized spacial score (nSPS) is 11.4. The van der Waals surface area contributed by atoms with E-state index >= 15 is 0 Å². The molecule has 0 radical (unpaired) electrons. The molecule has 108 valence electrons. The molecule has 0 aliphatic rings. The Morgan fingerprint density at radius 2 is 1.95 bits per heavy atom. The summed E-state index contributed by atoms with van der Waals surface area (Å²) in [5, 5.41) is 3.47. The highest BCUT2D eigenvalue weighted by atomic mass is 79.9. The van der Waals surface area contributed by atoms with Crippen molar-refractivity contribution in [2.24, 2.45) is 0 Å². The molecule has 0 aromatic carbocycles. The summed E-state index contributed by atoms with van der Waals surface area (Å²) in [5.74, 6) is 1.09. The Balaban J connectivity index is 2.98. The number of aromatic nitrogens is 1. The molecular weight excluding hydrogens is 302 g/mol. The lowest BCUT2D eigenvalue weighted by Crippen LogP contribution is -2.33. The first-order valence-electron chi connectivity index (χ1n) is 7.10. The molecule has 0 atom stereocenters. The fourth-order valence-corrected chi connectivity index (χ4v) is 2.62. The van der Waals surface area contributed by atoms with Crippen LogP contribution >= 0.6 is 15.9 Å². The molecule has 0 aliphatic heterocycles. The Morgan fingerprint density at radius 3 is 2.47 bits per heavy atom. The summed E-state index contributed by atoms with van der Waals surface area (Å²) in [5.41, 5.74) is 1.25. The van der Waals surface area contributed by atoms with Crippen LogP contribution in [0.3, 0.4) is 0 Å². The van der Waals surface area contributed by atoms with Gasteiger partial charge in [0.25, 0.3) is 0 Å². The average molecular weight is 328 g/mol. The van der Waals surface area contributed by atoms with Crippen LogP contribution in [-0.4, -0.2) is 24.1 Å². The van der Waals surface area contributed by atoms with Gasteiger partial charge in [-0.3, -0.25) is 0 Å². The van der Waals surface area contributed by atoms with E-state index in [9.17, 15) is 0 Å². The first kappa shape index (κ1) is 16.4. The van der Waals surface area contributed by atoms with Crippen LogP contribution in [0.4, 0.5) is 5.82 Å². The Labute approximate surface area is 125 Å². The molecule has 19 heavy (non-hydrogen) atoms. The third-order valence-electron chi connectivity index (χ3n) is 3.43. The maximum absolute atomic E-state index is 4.61. The number of hydrogen-bond acceptors (Lipinski definition) is 3. The highest BCUT2D eigenvalue weighted by Crippen LogP contribution is 2.24. The van der Waals surface area contributed by atoms with Gasteiger partial charge in [0, 0.05) is 41.9 Å². The monoisotopic (exact) mass is 327 g/mol. The zero-order valence-electron chi connectivity index (χ0n) is 12.7. The van der Waals surface area contributed by atoms with Crippen molar-refractivity contribution in [1.29, 1.82) is 0 Å². The summed E-state index contributed by atoms with van der Waals surface area (Å²) in [6, 6.07) is 3.19. The lowest BCUT2D eigenvalue weighted by atomic mass is 10.1. The van der Waals surface area contributed by atoms with Crippen molar-refractivity contribution in [2.45, 2.75) is 59.2 Å². The summed E-state index contributed by atoms with van der Waals surface area (Å²) < 4.78 is 1.04. The Bertz CT molecular complexity index is 389. The van der Waals surface area contributed by atoms with Crippen molar-refractivity contribution >= 4 is 21.7 Å². The molecule has 0 saturated carbocycles. The molecule has 0 unspecified atom stereocenters. The number of pyridine rings is 1.